The molecule has 0 radical (unpaired) electrons. The Morgan fingerprint density at radius 1 is 1.24 bits per heavy atom. The van der Waals surface area contributed by atoms with Crippen molar-refractivity contribution in [2.24, 2.45) is 5.92 Å². The molecule has 1 fully saturated rings. The van der Waals surface area contributed by atoms with E-state index < -0.39 is 0 Å². The number of para-hydroxylation sites is 1. The lowest BCUT2D eigenvalue weighted by Gasteiger charge is -2.26. The lowest BCUT2D eigenvalue weighted by molar-refractivity contribution is -0.121. The van der Waals surface area contributed by atoms with Gasteiger partial charge >= 0.3 is 0 Å². The fourth-order valence-corrected chi connectivity index (χ4v) is 4.34. The Bertz CT molecular complexity index is 485. The van der Waals surface area contributed by atoms with Gasteiger partial charge in [0.15, 0.2) is 0 Å². The Labute approximate surface area is 130 Å². The van der Waals surface area contributed by atoms with Gasteiger partial charge in [-0.15, -0.1) is 0 Å². The van der Waals surface area contributed by atoms with E-state index in [4.69, 9.17) is 4.74 Å². The molecule has 1 aromatic rings. The SMILES string of the molecule is O=C(CC1CCOc2ccccc21)NCC1CCSCC1. The van der Waals surface area contributed by atoms with Crippen LogP contribution in [0.1, 0.15) is 37.2 Å². The molecule has 1 amide bonds. The zero-order valence-corrected chi connectivity index (χ0v) is 13.2. The monoisotopic (exact) mass is 305 g/mol. The maximum Gasteiger partial charge on any atom is 0.220 e. The predicted octanol–water partition coefficient (Wildman–Crippen LogP) is 3.20. The molecule has 114 valence electrons. The van der Waals surface area contributed by atoms with Crippen LogP contribution >= 0.6 is 11.8 Å². The first-order valence-corrected chi connectivity index (χ1v) is 9.04. The number of carbonyl (C=O) groups is 1. The quantitative estimate of drug-likeness (QED) is 0.928. The van der Waals surface area contributed by atoms with Gasteiger partial charge in [0.05, 0.1) is 6.61 Å². The highest BCUT2D eigenvalue weighted by Gasteiger charge is 2.23. The van der Waals surface area contributed by atoms with Crippen LogP contribution in [-0.4, -0.2) is 30.6 Å². The number of ether oxygens (including phenoxy) is 1. The largest absolute Gasteiger partial charge is 0.493 e. The Balaban J connectivity index is 1.51. The normalized spacial score (nSPS) is 22.2. The predicted molar refractivity (Wildman–Crippen MR) is 87.0 cm³/mol. The zero-order chi connectivity index (χ0) is 14.5. The lowest BCUT2D eigenvalue weighted by Crippen LogP contribution is -2.32. The van der Waals surface area contributed by atoms with Crippen LogP contribution in [0, 0.1) is 5.92 Å². The summed E-state index contributed by atoms with van der Waals surface area (Å²) in [4.78, 5) is 12.2. The molecule has 1 aromatic carbocycles. The van der Waals surface area contributed by atoms with Crippen molar-refractivity contribution in [1.82, 2.24) is 5.32 Å². The highest BCUT2D eigenvalue weighted by molar-refractivity contribution is 7.99. The number of benzene rings is 1. The van der Waals surface area contributed by atoms with Gasteiger partial charge in [0, 0.05) is 13.0 Å². The van der Waals surface area contributed by atoms with Crippen molar-refractivity contribution in [3.05, 3.63) is 29.8 Å². The van der Waals surface area contributed by atoms with Crippen LogP contribution in [0.15, 0.2) is 24.3 Å². The first-order chi connectivity index (χ1) is 10.3. The average Bonchev–Trinajstić information content (AvgIpc) is 2.54. The molecular weight excluding hydrogens is 282 g/mol. The van der Waals surface area contributed by atoms with E-state index >= 15 is 0 Å². The Morgan fingerprint density at radius 2 is 2.05 bits per heavy atom. The lowest BCUT2D eigenvalue weighted by atomic mass is 9.90. The minimum absolute atomic E-state index is 0.190. The van der Waals surface area contributed by atoms with Gasteiger partial charge in [0.1, 0.15) is 5.75 Å². The Kier molecular flexibility index (Phi) is 5.07. The number of rotatable bonds is 4. The number of hydrogen-bond acceptors (Lipinski definition) is 3. The van der Waals surface area contributed by atoms with Crippen LogP contribution < -0.4 is 10.1 Å². The molecule has 21 heavy (non-hydrogen) atoms. The molecule has 2 aliphatic heterocycles. The van der Waals surface area contributed by atoms with Crippen molar-refractivity contribution < 1.29 is 9.53 Å². The molecule has 1 N–H and O–H groups in total. The molecular formula is C17H23NO2S. The summed E-state index contributed by atoms with van der Waals surface area (Å²) in [6.45, 7) is 1.57. The summed E-state index contributed by atoms with van der Waals surface area (Å²) >= 11 is 2.03. The average molecular weight is 305 g/mol. The van der Waals surface area contributed by atoms with Crippen molar-refractivity contribution in [3.63, 3.8) is 0 Å². The number of nitrogens with one attached hydrogen (secondary N) is 1. The molecule has 1 saturated heterocycles. The third-order valence-electron chi connectivity index (χ3n) is 4.44. The van der Waals surface area contributed by atoms with Gasteiger partial charge in [-0.2, -0.15) is 11.8 Å². The second-order valence-corrected chi connectivity index (χ2v) is 7.16. The van der Waals surface area contributed by atoms with Crippen LogP contribution in [0.3, 0.4) is 0 Å². The maximum atomic E-state index is 12.2. The van der Waals surface area contributed by atoms with Gasteiger partial charge in [-0.3, -0.25) is 4.79 Å². The van der Waals surface area contributed by atoms with E-state index in [1.165, 1.54) is 29.9 Å². The van der Waals surface area contributed by atoms with Crippen LogP contribution in [0.25, 0.3) is 0 Å². The number of thioether (sulfide) groups is 1. The van der Waals surface area contributed by atoms with Crippen LogP contribution in [-0.2, 0) is 4.79 Å². The molecule has 0 bridgehead atoms. The molecule has 3 nitrogen and oxygen atoms in total. The van der Waals surface area contributed by atoms with Gasteiger partial charge < -0.3 is 10.1 Å². The number of amides is 1. The Hall–Kier alpha value is -1.16. The fraction of sp³-hybridized carbons (Fsp3) is 0.588. The number of hydrogen-bond donors (Lipinski definition) is 1. The van der Waals surface area contributed by atoms with Gasteiger partial charge in [-0.1, -0.05) is 18.2 Å². The minimum atomic E-state index is 0.190. The van der Waals surface area contributed by atoms with Gasteiger partial charge in [-0.05, 0) is 54.2 Å². The molecule has 0 spiro atoms. The highest BCUT2D eigenvalue weighted by atomic mass is 32.2. The van der Waals surface area contributed by atoms with Crippen molar-refractivity contribution in [2.45, 2.75) is 31.6 Å². The third-order valence-corrected chi connectivity index (χ3v) is 5.49. The smallest absolute Gasteiger partial charge is 0.220 e. The molecule has 0 aliphatic carbocycles. The molecule has 1 atom stereocenters. The van der Waals surface area contributed by atoms with Crippen molar-refractivity contribution in [3.8, 4) is 5.75 Å². The molecule has 3 rings (SSSR count). The molecule has 0 saturated carbocycles. The Morgan fingerprint density at radius 3 is 2.90 bits per heavy atom. The minimum Gasteiger partial charge on any atom is -0.493 e. The van der Waals surface area contributed by atoms with Crippen LogP contribution in [0.2, 0.25) is 0 Å². The van der Waals surface area contributed by atoms with E-state index in [1.807, 2.05) is 30.0 Å². The number of carbonyl (C=O) groups excluding carboxylic acids is 1. The molecule has 2 aliphatic rings. The summed E-state index contributed by atoms with van der Waals surface area (Å²) < 4.78 is 5.66. The van der Waals surface area contributed by atoms with E-state index in [0.717, 1.165) is 25.3 Å². The highest BCUT2D eigenvalue weighted by Crippen LogP contribution is 2.35. The van der Waals surface area contributed by atoms with E-state index in [0.29, 0.717) is 18.3 Å². The molecule has 4 heteroatoms. The van der Waals surface area contributed by atoms with Gasteiger partial charge in [0.25, 0.3) is 0 Å². The molecule has 1 unspecified atom stereocenters. The summed E-state index contributed by atoms with van der Waals surface area (Å²) in [5.41, 5.74) is 1.19. The van der Waals surface area contributed by atoms with Crippen LogP contribution in [0.5, 0.6) is 5.75 Å². The fourth-order valence-electron chi connectivity index (χ4n) is 3.13. The summed E-state index contributed by atoms with van der Waals surface area (Å²) in [5.74, 6) is 4.61. The standard InChI is InChI=1S/C17H23NO2S/c19-17(18-12-13-6-9-21-10-7-13)11-14-5-8-20-16-4-2-1-3-15(14)16/h1-4,13-14H,5-12H2,(H,18,19). The first kappa shape index (κ1) is 14.8. The van der Waals surface area contributed by atoms with Gasteiger partial charge in [0.2, 0.25) is 5.91 Å². The van der Waals surface area contributed by atoms with E-state index in [2.05, 4.69) is 11.4 Å². The van der Waals surface area contributed by atoms with Crippen molar-refractivity contribution >= 4 is 17.7 Å². The second kappa shape index (κ2) is 7.21. The first-order valence-electron chi connectivity index (χ1n) is 7.89. The van der Waals surface area contributed by atoms with E-state index in [9.17, 15) is 4.79 Å². The summed E-state index contributed by atoms with van der Waals surface area (Å²) in [7, 11) is 0. The maximum absolute atomic E-state index is 12.2. The summed E-state index contributed by atoms with van der Waals surface area (Å²) in [6.07, 6.45) is 4.00. The number of fused-ring (bicyclic) bond motifs is 1. The van der Waals surface area contributed by atoms with E-state index in [-0.39, 0.29) is 5.91 Å². The molecule has 0 aromatic heterocycles. The van der Waals surface area contributed by atoms with Crippen molar-refractivity contribution in [2.75, 3.05) is 24.7 Å². The van der Waals surface area contributed by atoms with E-state index in [1.54, 1.807) is 0 Å². The summed E-state index contributed by atoms with van der Waals surface area (Å²) in [5, 5.41) is 3.14. The third kappa shape index (κ3) is 3.94. The summed E-state index contributed by atoms with van der Waals surface area (Å²) in [6, 6.07) is 8.10. The van der Waals surface area contributed by atoms with Crippen LogP contribution in [0.4, 0.5) is 0 Å². The molecule has 2 heterocycles. The topological polar surface area (TPSA) is 38.3 Å². The van der Waals surface area contributed by atoms with Gasteiger partial charge in [-0.25, -0.2) is 0 Å². The second-order valence-electron chi connectivity index (χ2n) is 5.94. The zero-order valence-electron chi connectivity index (χ0n) is 12.3. The van der Waals surface area contributed by atoms with Crippen molar-refractivity contribution in [1.29, 1.82) is 0 Å².